The first kappa shape index (κ1) is 7.57. The van der Waals surface area contributed by atoms with Crippen LogP contribution in [0.25, 0.3) is 0 Å². The van der Waals surface area contributed by atoms with Crippen molar-refractivity contribution in [2.45, 2.75) is 24.8 Å². The third-order valence-corrected chi connectivity index (χ3v) is 3.62. The van der Waals surface area contributed by atoms with E-state index in [1.165, 1.54) is 31.4 Å². The Bertz CT molecular complexity index is 339. The molecule has 1 radical (unpaired) electrons. The summed E-state index contributed by atoms with van der Waals surface area (Å²) in [4.78, 5) is 2.52. The summed E-state index contributed by atoms with van der Waals surface area (Å²) in [5.74, 6) is 0. The zero-order chi connectivity index (χ0) is 8.89. The van der Waals surface area contributed by atoms with E-state index in [2.05, 4.69) is 36.2 Å². The van der Waals surface area contributed by atoms with E-state index in [1.54, 1.807) is 5.56 Å². The molecule has 1 aliphatic carbocycles. The van der Waals surface area contributed by atoms with Crippen LogP contribution in [0, 0.1) is 6.07 Å². The van der Waals surface area contributed by atoms with E-state index in [0.717, 1.165) is 0 Å². The highest BCUT2D eigenvalue weighted by Gasteiger charge is 2.50. The molecule has 0 saturated heterocycles. The lowest BCUT2D eigenvalue weighted by molar-refractivity contribution is 0.208. The lowest BCUT2D eigenvalue weighted by atomic mass is 9.91. The van der Waals surface area contributed by atoms with Crippen LogP contribution in [0.5, 0.6) is 0 Å². The highest BCUT2D eigenvalue weighted by Crippen LogP contribution is 2.53. The Kier molecular flexibility index (Phi) is 1.37. The molecule has 1 saturated carbocycles. The lowest BCUT2D eigenvalue weighted by Gasteiger charge is -2.34. The van der Waals surface area contributed by atoms with E-state index < -0.39 is 0 Å². The Morgan fingerprint density at radius 3 is 3.08 bits per heavy atom. The SMILES string of the molecule is CN1CCc2c[c]ccc2C12CC2. The fourth-order valence-electron chi connectivity index (χ4n) is 2.60. The Balaban J connectivity index is 2.15. The van der Waals surface area contributed by atoms with E-state index in [9.17, 15) is 0 Å². The van der Waals surface area contributed by atoms with Crippen LogP contribution in [0.15, 0.2) is 18.2 Å². The molecule has 67 valence electrons. The molecular formula is C12H14N. The van der Waals surface area contributed by atoms with Gasteiger partial charge >= 0.3 is 0 Å². The van der Waals surface area contributed by atoms with Gasteiger partial charge in [0, 0.05) is 12.1 Å². The number of nitrogens with zero attached hydrogens (tertiary/aromatic N) is 1. The topological polar surface area (TPSA) is 3.24 Å². The van der Waals surface area contributed by atoms with Crippen molar-refractivity contribution in [2.75, 3.05) is 13.6 Å². The van der Waals surface area contributed by atoms with Crippen LogP contribution < -0.4 is 0 Å². The molecule has 1 heteroatoms. The van der Waals surface area contributed by atoms with Crippen LogP contribution in [-0.4, -0.2) is 18.5 Å². The number of rotatable bonds is 0. The molecule has 1 nitrogen and oxygen atoms in total. The summed E-state index contributed by atoms with van der Waals surface area (Å²) in [6.45, 7) is 1.21. The van der Waals surface area contributed by atoms with E-state index >= 15 is 0 Å². The first-order chi connectivity index (χ1) is 6.33. The van der Waals surface area contributed by atoms with Gasteiger partial charge in [0.25, 0.3) is 0 Å². The smallest absolute Gasteiger partial charge is 0.0462 e. The van der Waals surface area contributed by atoms with Crippen molar-refractivity contribution in [3.63, 3.8) is 0 Å². The predicted octanol–water partition coefficient (Wildman–Crippen LogP) is 1.96. The summed E-state index contributed by atoms with van der Waals surface area (Å²) in [5.41, 5.74) is 3.53. The van der Waals surface area contributed by atoms with Crippen molar-refractivity contribution < 1.29 is 0 Å². The minimum Gasteiger partial charge on any atom is -0.296 e. The number of fused-ring (bicyclic) bond motifs is 2. The average Bonchev–Trinajstić information content (AvgIpc) is 2.94. The zero-order valence-electron chi connectivity index (χ0n) is 8.01. The molecular weight excluding hydrogens is 158 g/mol. The number of hydrogen-bond donors (Lipinski definition) is 0. The average molecular weight is 172 g/mol. The molecule has 2 aliphatic rings. The van der Waals surface area contributed by atoms with Gasteiger partial charge in [-0.3, -0.25) is 4.90 Å². The normalized spacial score (nSPS) is 24.4. The van der Waals surface area contributed by atoms with E-state index in [0.29, 0.717) is 5.54 Å². The molecule has 0 bridgehead atoms. The summed E-state index contributed by atoms with van der Waals surface area (Å²) in [7, 11) is 2.26. The Morgan fingerprint density at radius 1 is 1.46 bits per heavy atom. The maximum atomic E-state index is 3.18. The predicted molar refractivity (Wildman–Crippen MR) is 52.5 cm³/mol. The quantitative estimate of drug-likeness (QED) is 0.578. The maximum absolute atomic E-state index is 3.18. The van der Waals surface area contributed by atoms with Gasteiger partial charge in [-0.25, -0.2) is 0 Å². The molecule has 0 atom stereocenters. The summed E-state index contributed by atoms with van der Waals surface area (Å²) in [6.07, 6.45) is 3.89. The van der Waals surface area contributed by atoms with Crippen LogP contribution >= 0.6 is 0 Å². The van der Waals surface area contributed by atoms with Gasteiger partial charge in [0.2, 0.25) is 0 Å². The fourth-order valence-corrected chi connectivity index (χ4v) is 2.60. The lowest BCUT2D eigenvalue weighted by Crippen LogP contribution is -2.38. The molecule has 1 heterocycles. The molecule has 3 rings (SSSR count). The van der Waals surface area contributed by atoms with Gasteiger partial charge in [0.15, 0.2) is 0 Å². The molecule has 0 aromatic heterocycles. The molecule has 0 amide bonds. The second-order valence-electron chi connectivity index (χ2n) is 4.29. The molecule has 0 unspecified atom stereocenters. The minimum absolute atomic E-state index is 0.433. The van der Waals surface area contributed by atoms with Crippen LogP contribution in [0.4, 0.5) is 0 Å². The molecule has 1 aliphatic heterocycles. The van der Waals surface area contributed by atoms with E-state index in [4.69, 9.17) is 0 Å². The molecule has 0 N–H and O–H groups in total. The molecule has 1 spiro atoms. The molecule has 1 aromatic rings. The van der Waals surface area contributed by atoms with Gasteiger partial charge in [-0.15, -0.1) is 0 Å². The van der Waals surface area contributed by atoms with Crippen molar-refractivity contribution in [1.82, 2.24) is 4.90 Å². The van der Waals surface area contributed by atoms with Crippen LogP contribution in [0.3, 0.4) is 0 Å². The standard InChI is InChI=1S/C12H14N/c1-13-9-6-10-4-2-3-5-11(10)12(13)7-8-12/h3-5H,6-9H2,1H3. The van der Waals surface area contributed by atoms with Gasteiger partial charge in [0.05, 0.1) is 0 Å². The summed E-state index contributed by atoms with van der Waals surface area (Å²) < 4.78 is 0. The van der Waals surface area contributed by atoms with Crippen molar-refractivity contribution in [2.24, 2.45) is 0 Å². The third kappa shape index (κ3) is 0.910. The van der Waals surface area contributed by atoms with Crippen molar-refractivity contribution in [1.29, 1.82) is 0 Å². The van der Waals surface area contributed by atoms with Gasteiger partial charge in [-0.2, -0.15) is 0 Å². The van der Waals surface area contributed by atoms with E-state index in [1.807, 2.05) is 0 Å². The number of hydrogen-bond acceptors (Lipinski definition) is 1. The van der Waals surface area contributed by atoms with Gasteiger partial charge in [-0.05, 0) is 43.5 Å². The summed E-state index contributed by atoms with van der Waals surface area (Å²) >= 11 is 0. The monoisotopic (exact) mass is 172 g/mol. The Hall–Kier alpha value is -0.820. The van der Waals surface area contributed by atoms with Crippen molar-refractivity contribution in [3.05, 3.63) is 35.4 Å². The molecule has 1 aromatic carbocycles. The zero-order valence-corrected chi connectivity index (χ0v) is 8.01. The Morgan fingerprint density at radius 2 is 2.31 bits per heavy atom. The third-order valence-electron chi connectivity index (χ3n) is 3.62. The largest absolute Gasteiger partial charge is 0.296 e. The first-order valence-electron chi connectivity index (χ1n) is 5.04. The van der Waals surface area contributed by atoms with Gasteiger partial charge < -0.3 is 0 Å². The molecule has 1 fully saturated rings. The van der Waals surface area contributed by atoms with E-state index in [-0.39, 0.29) is 0 Å². The van der Waals surface area contributed by atoms with Crippen LogP contribution in [0.2, 0.25) is 0 Å². The van der Waals surface area contributed by atoms with Crippen molar-refractivity contribution >= 4 is 0 Å². The number of likely N-dealkylation sites (N-methyl/N-ethyl adjacent to an activating group) is 1. The fraction of sp³-hybridized carbons (Fsp3) is 0.500. The van der Waals surface area contributed by atoms with Crippen molar-refractivity contribution in [3.8, 4) is 0 Å². The van der Waals surface area contributed by atoms with Crippen LogP contribution in [-0.2, 0) is 12.0 Å². The highest BCUT2D eigenvalue weighted by molar-refractivity contribution is 5.39. The minimum atomic E-state index is 0.433. The number of benzene rings is 1. The Labute approximate surface area is 79.4 Å². The van der Waals surface area contributed by atoms with Gasteiger partial charge in [0.1, 0.15) is 0 Å². The summed E-state index contributed by atoms with van der Waals surface area (Å²) in [6, 6.07) is 9.67. The summed E-state index contributed by atoms with van der Waals surface area (Å²) in [5, 5.41) is 0. The second-order valence-corrected chi connectivity index (χ2v) is 4.29. The highest BCUT2D eigenvalue weighted by atomic mass is 15.2. The maximum Gasteiger partial charge on any atom is 0.0462 e. The van der Waals surface area contributed by atoms with Crippen LogP contribution in [0.1, 0.15) is 24.0 Å². The first-order valence-corrected chi connectivity index (χ1v) is 5.04. The van der Waals surface area contributed by atoms with Gasteiger partial charge in [-0.1, -0.05) is 18.2 Å². The molecule has 13 heavy (non-hydrogen) atoms. The second kappa shape index (κ2) is 2.36.